The number of benzene rings is 2. The van der Waals surface area contributed by atoms with Crippen LogP contribution in [0, 0.1) is 0 Å². The van der Waals surface area contributed by atoms with Crippen molar-refractivity contribution in [2.24, 2.45) is 7.05 Å². The van der Waals surface area contributed by atoms with Crippen LogP contribution < -0.4 is 38.0 Å². The van der Waals surface area contributed by atoms with E-state index in [1.165, 1.54) is 12.1 Å². The molecule has 140 valence electrons. The number of alkyl halides is 3. The van der Waals surface area contributed by atoms with Crippen molar-refractivity contribution < 1.29 is 51.2 Å². The lowest BCUT2D eigenvalue weighted by Gasteiger charge is -2.06. The van der Waals surface area contributed by atoms with Gasteiger partial charge in [0.05, 0.1) is 10.9 Å². The van der Waals surface area contributed by atoms with E-state index in [9.17, 15) is 13.2 Å². The summed E-state index contributed by atoms with van der Waals surface area (Å²) in [5.74, 6) is 1.40. The molecule has 0 aliphatic carbocycles. The Bertz CT molecular complexity index is 1010. The molecule has 0 unspecified atom stereocenters. The highest BCUT2D eigenvalue weighted by Crippen LogP contribution is 2.36. The van der Waals surface area contributed by atoms with Crippen LogP contribution >= 0.6 is 0 Å². The molecule has 0 saturated carbocycles. The van der Waals surface area contributed by atoms with Gasteiger partial charge in [-0.3, -0.25) is 0 Å². The quantitative estimate of drug-likeness (QED) is 0.407. The van der Waals surface area contributed by atoms with Gasteiger partial charge in [0.25, 0.3) is 0 Å². The Hall–Kier alpha value is -2.29. The average molecular weight is 485 g/mol. The first-order valence-corrected chi connectivity index (χ1v) is 7.99. The van der Waals surface area contributed by atoms with Gasteiger partial charge in [-0.05, 0) is 41.3 Å². The summed E-state index contributed by atoms with van der Waals surface area (Å²) in [6.07, 6.45) is 1.27. The Morgan fingerprint density at radius 1 is 0.963 bits per heavy atom. The van der Waals surface area contributed by atoms with Gasteiger partial charge in [-0.15, -0.1) is 0 Å². The van der Waals surface area contributed by atoms with Crippen LogP contribution in [-0.4, -0.2) is 6.79 Å². The fraction of sp³-hybridized carbons (Fsp3) is 0.150. The van der Waals surface area contributed by atoms with Crippen molar-refractivity contribution in [1.82, 2.24) is 0 Å². The summed E-state index contributed by atoms with van der Waals surface area (Å²) in [6.45, 7) is 0.203. The van der Waals surface area contributed by atoms with Crippen LogP contribution in [0.4, 0.5) is 13.2 Å². The van der Waals surface area contributed by atoms with Crippen LogP contribution in [0.2, 0.25) is 0 Å². The van der Waals surface area contributed by atoms with Crippen molar-refractivity contribution in [1.29, 1.82) is 0 Å². The molecule has 0 fully saturated rings. The van der Waals surface area contributed by atoms with Crippen LogP contribution in [0.5, 0.6) is 11.5 Å². The number of rotatable bonds is 2. The van der Waals surface area contributed by atoms with Gasteiger partial charge in [0, 0.05) is 12.1 Å². The van der Waals surface area contributed by atoms with Gasteiger partial charge in [0.2, 0.25) is 12.5 Å². The average Bonchev–Trinajstić information content (AvgIpc) is 3.06. The zero-order valence-electron chi connectivity index (χ0n) is 14.3. The third kappa shape index (κ3) is 3.87. The monoisotopic (exact) mass is 485 g/mol. The number of nitrogens with zero attached hydrogens (tertiary/aromatic N) is 1. The van der Waals surface area contributed by atoms with Crippen LogP contribution in [0.15, 0.2) is 48.7 Å². The number of hydrogen-bond acceptors (Lipinski definition) is 2. The Balaban J connectivity index is 0.00000210. The highest BCUT2D eigenvalue weighted by Gasteiger charge is 2.29. The highest BCUT2D eigenvalue weighted by atomic mass is 127. The Labute approximate surface area is 171 Å². The molecule has 3 aromatic rings. The van der Waals surface area contributed by atoms with Gasteiger partial charge in [-0.2, -0.15) is 13.2 Å². The van der Waals surface area contributed by atoms with Gasteiger partial charge in [-0.25, -0.2) is 4.57 Å². The van der Waals surface area contributed by atoms with E-state index in [1.807, 2.05) is 42.1 Å². The van der Waals surface area contributed by atoms with E-state index >= 15 is 0 Å². The molecule has 2 aromatic carbocycles. The van der Waals surface area contributed by atoms with Gasteiger partial charge >= 0.3 is 6.18 Å². The van der Waals surface area contributed by atoms with Crippen LogP contribution in [0.25, 0.3) is 22.9 Å². The van der Waals surface area contributed by atoms with Gasteiger partial charge in [0.15, 0.2) is 17.7 Å². The molecule has 0 atom stereocenters. The molecule has 3 nitrogen and oxygen atoms in total. The molecule has 0 N–H and O–H groups in total. The molecule has 0 bridgehead atoms. The molecular formula is C20H15F3INO2. The molecule has 1 aliphatic heterocycles. The van der Waals surface area contributed by atoms with E-state index in [-0.39, 0.29) is 30.8 Å². The van der Waals surface area contributed by atoms with E-state index in [1.54, 1.807) is 6.08 Å². The van der Waals surface area contributed by atoms with E-state index in [2.05, 4.69) is 0 Å². The van der Waals surface area contributed by atoms with Crippen molar-refractivity contribution >= 4 is 22.9 Å². The fourth-order valence-corrected chi connectivity index (χ4v) is 2.95. The van der Waals surface area contributed by atoms with Crippen molar-refractivity contribution in [2.75, 3.05) is 6.79 Å². The van der Waals surface area contributed by atoms with Gasteiger partial charge in [-0.1, -0.05) is 12.1 Å². The topological polar surface area (TPSA) is 22.3 Å². The summed E-state index contributed by atoms with van der Waals surface area (Å²) in [7, 11) is 1.91. The highest BCUT2D eigenvalue weighted by molar-refractivity contribution is 5.92. The molecule has 0 radical (unpaired) electrons. The summed E-state index contributed by atoms with van der Waals surface area (Å²) in [5.41, 5.74) is 0.953. The second-order valence-electron chi connectivity index (χ2n) is 6.06. The van der Waals surface area contributed by atoms with Crippen LogP contribution in [-0.2, 0) is 13.2 Å². The minimum atomic E-state index is -4.33. The molecular weight excluding hydrogens is 470 g/mol. The van der Waals surface area contributed by atoms with E-state index in [0.29, 0.717) is 17.1 Å². The molecule has 0 spiro atoms. The van der Waals surface area contributed by atoms with Gasteiger partial charge in [0.1, 0.15) is 7.05 Å². The lowest BCUT2D eigenvalue weighted by atomic mass is 10.1. The number of aromatic nitrogens is 1. The van der Waals surface area contributed by atoms with Gasteiger partial charge < -0.3 is 33.5 Å². The van der Waals surface area contributed by atoms with Crippen molar-refractivity contribution in [3.05, 3.63) is 65.5 Å². The zero-order valence-corrected chi connectivity index (χ0v) is 16.4. The first-order valence-electron chi connectivity index (χ1n) is 7.99. The summed E-state index contributed by atoms with van der Waals surface area (Å²) in [4.78, 5) is 0. The minimum absolute atomic E-state index is 0. The number of pyridine rings is 1. The summed E-state index contributed by atoms with van der Waals surface area (Å²) in [5, 5.41) is 1.97. The number of ether oxygens (including phenoxy) is 2. The molecule has 4 rings (SSSR count). The summed E-state index contributed by atoms with van der Waals surface area (Å²) < 4.78 is 50.8. The van der Waals surface area contributed by atoms with Crippen molar-refractivity contribution in [3.8, 4) is 11.5 Å². The molecule has 2 heterocycles. The normalized spacial score (nSPS) is 13.2. The van der Waals surface area contributed by atoms with Crippen molar-refractivity contribution in [3.63, 3.8) is 0 Å². The third-order valence-electron chi connectivity index (χ3n) is 4.35. The number of halogens is 4. The second kappa shape index (κ2) is 7.38. The predicted octanol–water partition coefficient (Wildman–Crippen LogP) is 1.59. The number of aryl methyl sites for hydroxylation is 1. The maximum atomic E-state index is 12.7. The minimum Gasteiger partial charge on any atom is -1.00 e. The molecule has 7 heteroatoms. The Kier molecular flexibility index (Phi) is 5.32. The Morgan fingerprint density at radius 2 is 1.63 bits per heavy atom. The standard InChI is InChI=1S/C20H15F3NO2.HI/c1-24-9-8-14-10-18-19(26-12-25-18)11-16(14)17(24)7-4-13-2-5-15(6-3-13)20(21,22)23;/h2-11H,12H2,1H3;1H/q+1;/p-1. The van der Waals surface area contributed by atoms with E-state index < -0.39 is 11.7 Å². The second-order valence-corrected chi connectivity index (χ2v) is 6.06. The molecule has 1 aliphatic rings. The maximum absolute atomic E-state index is 12.7. The first-order chi connectivity index (χ1) is 12.4. The van der Waals surface area contributed by atoms with E-state index in [0.717, 1.165) is 28.6 Å². The van der Waals surface area contributed by atoms with Crippen LogP contribution in [0.1, 0.15) is 16.8 Å². The largest absolute Gasteiger partial charge is 1.00 e. The number of hydrogen-bond donors (Lipinski definition) is 0. The third-order valence-corrected chi connectivity index (χ3v) is 4.35. The molecule has 0 saturated heterocycles. The fourth-order valence-electron chi connectivity index (χ4n) is 2.95. The van der Waals surface area contributed by atoms with E-state index in [4.69, 9.17) is 9.47 Å². The lowest BCUT2D eigenvalue weighted by Crippen LogP contribution is -3.00. The Morgan fingerprint density at radius 3 is 2.30 bits per heavy atom. The zero-order chi connectivity index (χ0) is 18.3. The number of fused-ring (bicyclic) bond motifs is 2. The lowest BCUT2D eigenvalue weighted by molar-refractivity contribution is -0.671. The first kappa shape index (κ1) is 19.5. The molecule has 27 heavy (non-hydrogen) atoms. The predicted molar refractivity (Wildman–Crippen MR) is 91.6 cm³/mol. The van der Waals surface area contributed by atoms with Crippen LogP contribution in [0.3, 0.4) is 0 Å². The SMILES string of the molecule is C[n+]1ccc2cc3c(cc2c1C=Cc1ccc(C(F)(F)F)cc1)OCO3.[I-]. The summed E-state index contributed by atoms with van der Waals surface area (Å²) >= 11 is 0. The van der Waals surface area contributed by atoms with Crippen molar-refractivity contribution in [2.45, 2.75) is 6.18 Å². The molecule has 0 amide bonds. The molecule has 1 aromatic heterocycles. The maximum Gasteiger partial charge on any atom is 0.416 e. The smallest absolute Gasteiger partial charge is 0.416 e. The summed E-state index contributed by atoms with van der Waals surface area (Å²) in [6, 6.07) is 10.9.